The van der Waals surface area contributed by atoms with E-state index in [1.54, 1.807) is 0 Å². The van der Waals surface area contributed by atoms with Crippen LogP contribution in [0.5, 0.6) is 0 Å². The lowest BCUT2D eigenvalue weighted by Crippen LogP contribution is -2.35. The number of hydroxylamine groups is 2. The van der Waals surface area contributed by atoms with Gasteiger partial charge in [-0.1, -0.05) is 12.8 Å². The van der Waals surface area contributed by atoms with Crippen LogP contribution in [0.1, 0.15) is 62.3 Å². The molecule has 1 aromatic rings. The molecule has 10 nitrogen and oxygen atoms in total. The molecule has 3 heterocycles. The summed E-state index contributed by atoms with van der Waals surface area (Å²) in [5.41, 5.74) is 0. The van der Waals surface area contributed by atoms with Gasteiger partial charge in [0.15, 0.2) is 0 Å². The van der Waals surface area contributed by atoms with Gasteiger partial charge in [-0.25, -0.2) is 4.79 Å². The van der Waals surface area contributed by atoms with Crippen molar-refractivity contribution in [1.82, 2.24) is 20.2 Å². The van der Waals surface area contributed by atoms with Crippen molar-refractivity contribution < 1.29 is 26.5 Å². The highest BCUT2D eigenvalue weighted by Crippen LogP contribution is 2.40. The van der Waals surface area contributed by atoms with Gasteiger partial charge in [0.1, 0.15) is 6.04 Å². The zero-order chi connectivity index (χ0) is 16.9. The summed E-state index contributed by atoms with van der Waals surface area (Å²) in [4.78, 5) is 13.8. The van der Waals surface area contributed by atoms with E-state index in [1.165, 1.54) is 4.90 Å². The normalized spacial score (nSPS) is 28.1. The third-order valence-corrected chi connectivity index (χ3v) is 5.29. The van der Waals surface area contributed by atoms with E-state index < -0.39 is 28.5 Å². The number of aromatic nitrogens is 2. The van der Waals surface area contributed by atoms with E-state index in [2.05, 4.69) is 14.5 Å². The number of rotatable bonds is 4. The lowest BCUT2D eigenvalue weighted by Gasteiger charge is -2.27. The molecule has 11 heteroatoms. The van der Waals surface area contributed by atoms with Crippen LogP contribution in [0.3, 0.4) is 0 Å². The summed E-state index contributed by atoms with van der Waals surface area (Å²) in [6.45, 7) is 0.292. The van der Waals surface area contributed by atoms with Crippen molar-refractivity contribution in [3.05, 3.63) is 11.8 Å². The Morgan fingerprint density at radius 3 is 2.54 bits per heavy atom. The Morgan fingerprint density at radius 2 is 1.83 bits per heavy atom. The first-order valence-corrected chi connectivity index (χ1v) is 9.39. The van der Waals surface area contributed by atoms with Crippen molar-refractivity contribution in [3.8, 4) is 0 Å². The molecule has 2 amide bonds. The SMILES string of the molecule is O=C1N2C[C@@H](CC[C@H]2c2nnc(C3CCCC3)o2)N1OS(=O)(=O)O. The van der Waals surface area contributed by atoms with E-state index in [0.29, 0.717) is 36.2 Å². The zero-order valence-electron chi connectivity index (χ0n) is 12.9. The highest BCUT2D eigenvalue weighted by Gasteiger charge is 2.49. The van der Waals surface area contributed by atoms with E-state index in [0.717, 1.165) is 25.7 Å². The van der Waals surface area contributed by atoms with Crippen molar-refractivity contribution in [2.75, 3.05) is 6.54 Å². The van der Waals surface area contributed by atoms with Crippen molar-refractivity contribution in [3.63, 3.8) is 0 Å². The molecule has 2 atom stereocenters. The van der Waals surface area contributed by atoms with Crippen LogP contribution in [0.25, 0.3) is 0 Å². The number of carbonyl (C=O) groups is 1. The molecule has 1 N–H and O–H groups in total. The van der Waals surface area contributed by atoms with Gasteiger partial charge in [-0.2, -0.15) is 13.5 Å². The quantitative estimate of drug-likeness (QED) is 0.800. The molecular weight excluding hydrogens is 340 g/mol. The number of fused-ring (bicyclic) bond motifs is 2. The molecule has 2 bridgehead atoms. The maximum absolute atomic E-state index is 12.4. The molecular formula is C13H18N4O6S. The van der Waals surface area contributed by atoms with Gasteiger partial charge in [0, 0.05) is 12.5 Å². The van der Waals surface area contributed by atoms with Gasteiger partial charge < -0.3 is 9.32 Å². The summed E-state index contributed by atoms with van der Waals surface area (Å²) in [6.07, 6.45) is 5.46. The largest absolute Gasteiger partial charge is 0.423 e. The highest BCUT2D eigenvalue weighted by molar-refractivity contribution is 7.80. The monoisotopic (exact) mass is 358 g/mol. The molecule has 1 saturated carbocycles. The molecule has 2 aliphatic heterocycles. The molecule has 3 aliphatic rings. The van der Waals surface area contributed by atoms with Crippen LogP contribution in [0.4, 0.5) is 4.79 Å². The standard InChI is InChI=1S/C13H18N4O6S/c18-13-16-7-9(17(13)23-24(19,20)21)5-6-10(16)12-15-14-11(22-12)8-3-1-2-4-8/h8-10H,1-7H2,(H,19,20,21)/t9-,10+/m1/s1. The molecule has 0 unspecified atom stereocenters. The summed E-state index contributed by atoms with van der Waals surface area (Å²) in [7, 11) is -4.74. The van der Waals surface area contributed by atoms with Crippen LogP contribution in [-0.4, -0.2) is 51.7 Å². The topological polar surface area (TPSA) is 126 Å². The molecule has 1 aromatic heterocycles. The molecule has 2 saturated heterocycles. The Morgan fingerprint density at radius 1 is 1.12 bits per heavy atom. The van der Waals surface area contributed by atoms with Crippen LogP contribution < -0.4 is 0 Å². The predicted molar refractivity (Wildman–Crippen MR) is 77.8 cm³/mol. The molecule has 3 fully saturated rings. The third-order valence-electron chi connectivity index (χ3n) is 4.94. The van der Waals surface area contributed by atoms with Crippen LogP contribution in [0.2, 0.25) is 0 Å². The zero-order valence-corrected chi connectivity index (χ0v) is 13.7. The lowest BCUT2D eigenvalue weighted by molar-refractivity contribution is -0.0317. The highest BCUT2D eigenvalue weighted by atomic mass is 32.3. The van der Waals surface area contributed by atoms with Crippen LogP contribution >= 0.6 is 0 Å². The van der Waals surface area contributed by atoms with E-state index in [4.69, 9.17) is 8.97 Å². The van der Waals surface area contributed by atoms with Crippen LogP contribution in [0.15, 0.2) is 4.42 Å². The van der Waals surface area contributed by atoms with Gasteiger partial charge in [0.05, 0.1) is 6.04 Å². The fourth-order valence-electron chi connectivity index (χ4n) is 3.81. The second-order valence-electron chi connectivity index (χ2n) is 6.47. The number of urea groups is 1. The minimum Gasteiger partial charge on any atom is -0.423 e. The Kier molecular flexibility index (Phi) is 3.73. The van der Waals surface area contributed by atoms with Crippen molar-refractivity contribution in [1.29, 1.82) is 0 Å². The second-order valence-corrected chi connectivity index (χ2v) is 7.47. The fraction of sp³-hybridized carbons (Fsp3) is 0.769. The van der Waals surface area contributed by atoms with Gasteiger partial charge in [-0.15, -0.1) is 14.5 Å². The Bertz CT molecular complexity index is 743. The molecule has 1 aliphatic carbocycles. The Labute approximate surface area is 138 Å². The summed E-state index contributed by atoms with van der Waals surface area (Å²) >= 11 is 0. The van der Waals surface area contributed by atoms with Crippen LogP contribution in [0, 0.1) is 0 Å². The van der Waals surface area contributed by atoms with E-state index in [9.17, 15) is 13.2 Å². The van der Waals surface area contributed by atoms with E-state index in [1.807, 2.05) is 0 Å². The Hall–Kier alpha value is -1.72. The van der Waals surface area contributed by atoms with E-state index >= 15 is 0 Å². The smallest absolute Gasteiger partial charge is 0.418 e. The number of hydrogen-bond donors (Lipinski definition) is 1. The van der Waals surface area contributed by atoms with Gasteiger partial charge in [-0.05, 0) is 25.7 Å². The lowest BCUT2D eigenvalue weighted by atomic mass is 10.0. The van der Waals surface area contributed by atoms with E-state index in [-0.39, 0.29) is 5.92 Å². The molecule has 0 spiro atoms. The summed E-state index contributed by atoms with van der Waals surface area (Å²) in [6, 6.07) is -1.44. The summed E-state index contributed by atoms with van der Waals surface area (Å²) in [5, 5.41) is 8.93. The summed E-state index contributed by atoms with van der Waals surface area (Å²) < 4.78 is 40.8. The molecule has 4 rings (SSSR count). The Balaban J connectivity index is 1.53. The van der Waals surface area contributed by atoms with Gasteiger partial charge in [0.2, 0.25) is 11.8 Å². The first-order chi connectivity index (χ1) is 11.4. The molecule has 0 aromatic carbocycles. The number of hydrogen-bond acceptors (Lipinski definition) is 7. The average molecular weight is 358 g/mol. The number of piperidine rings is 1. The van der Waals surface area contributed by atoms with Crippen molar-refractivity contribution in [2.24, 2.45) is 0 Å². The van der Waals surface area contributed by atoms with Gasteiger partial charge in [-0.3, -0.25) is 4.55 Å². The van der Waals surface area contributed by atoms with Crippen molar-refractivity contribution in [2.45, 2.75) is 56.5 Å². The maximum Gasteiger partial charge on any atom is 0.418 e. The van der Waals surface area contributed by atoms with Gasteiger partial charge in [0.25, 0.3) is 0 Å². The maximum atomic E-state index is 12.4. The third kappa shape index (κ3) is 2.76. The molecule has 132 valence electrons. The minimum atomic E-state index is -4.74. The first-order valence-electron chi connectivity index (χ1n) is 8.02. The second kappa shape index (κ2) is 5.67. The first kappa shape index (κ1) is 15.8. The molecule has 0 radical (unpaired) electrons. The van der Waals surface area contributed by atoms with Crippen molar-refractivity contribution >= 4 is 16.4 Å². The number of amides is 2. The molecule has 24 heavy (non-hydrogen) atoms. The number of carbonyl (C=O) groups excluding carboxylic acids is 1. The average Bonchev–Trinajstić information content (AvgIpc) is 3.24. The summed E-state index contributed by atoms with van der Waals surface area (Å²) in [5.74, 6) is 1.27. The van der Waals surface area contributed by atoms with Gasteiger partial charge >= 0.3 is 16.4 Å². The predicted octanol–water partition coefficient (Wildman–Crippen LogP) is 1.40. The number of nitrogens with zero attached hydrogens (tertiary/aromatic N) is 4. The van der Waals surface area contributed by atoms with Crippen LogP contribution in [-0.2, 0) is 14.7 Å². The minimum absolute atomic E-state index is 0.288. The fourth-order valence-corrected chi connectivity index (χ4v) is 4.20.